The molecule has 9 nitrogen and oxygen atoms in total. The van der Waals surface area contributed by atoms with Gasteiger partial charge in [-0.3, -0.25) is 19.7 Å². The predicted octanol–water partition coefficient (Wildman–Crippen LogP) is 2.59. The van der Waals surface area contributed by atoms with Gasteiger partial charge < -0.3 is 4.74 Å². The van der Waals surface area contributed by atoms with Gasteiger partial charge in [-0.15, -0.1) is 0 Å². The molecule has 0 N–H and O–H groups in total. The fourth-order valence-electron chi connectivity index (χ4n) is 3.06. The lowest BCUT2D eigenvalue weighted by atomic mass is 10.0. The van der Waals surface area contributed by atoms with Crippen LogP contribution >= 0.6 is 0 Å². The van der Waals surface area contributed by atoms with Crippen LogP contribution < -0.4 is 0 Å². The van der Waals surface area contributed by atoms with Crippen LogP contribution in [0.15, 0.2) is 59.5 Å². The van der Waals surface area contributed by atoms with Crippen molar-refractivity contribution in [3.05, 3.63) is 70.3 Å². The minimum atomic E-state index is -4.40. The lowest BCUT2D eigenvalue weighted by Gasteiger charge is -2.21. The highest BCUT2D eigenvalue weighted by Gasteiger charge is 2.45. The molecule has 1 saturated heterocycles. The Hall–Kier alpha value is -2.82. The third-order valence-corrected chi connectivity index (χ3v) is 6.15. The number of nitrogens with zero attached hydrogens (tertiary/aromatic N) is 2. The quantitative estimate of drug-likeness (QED) is 0.411. The number of hydroxylamine groups is 1. The SMILES string of the molecule is COC(=O)CC1CC(c2ccccc2)ON1S(=O)(=O)c1ccccc1[N+](=O)[O-]. The molecule has 0 aromatic heterocycles. The second kappa shape index (κ2) is 8.05. The molecule has 0 aliphatic carbocycles. The maximum atomic E-state index is 13.2. The minimum absolute atomic E-state index is 0.207. The van der Waals surface area contributed by atoms with Gasteiger partial charge >= 0.3 is 5.97 Å². The fourth-order valence-corrected chi connectivity index (χ4v) is 4.68. The summed E-state index contributed by atoms with van der Waals surface area (Å²) in [5.74, 6) is -0.606. The third-order valence-electron chi connectivity index (χ3n) is 4.39. The Morgan fingerprint density at radius 1 is 1.21 bits per heavy atom. The second-order valence-corrected chi connectivity index (χ2v) is 7.91. The molecule has 0 amide bonds. The van der Waals surface area contributed by atoms with Crippen LogP contribution in [0.25, 0.3) is 0 Å². The van der Waals surface area contributed by atoms with Gasteiger partial charge in [-0.05, 0) is 18.1 Å². The van der Waals surface area contributed by atoms with E-state index in [2.05, 4.69) is 4.74 Å². The van der Waals surface area contributed by atoms with E-state index in [0.29, 0.717) is 4.47 Å². The first-order valence-electron chi connectivity index (χ1n) is 8.41. The number of benzene rings is 2. The van der Waals surface area contributed by atoms with Gasteiger partial charge in [0, 0.05) is 6.07 Å². The number of nitro groups is 1. The Morgan fingerprint density at radius 3 is 2.50 bits per heavy atom. The third kappa shape index (κ3) is 3.88. The van der Waals surface area contributed by atoms with Gasteiger partial charge in [0.2, 0.25) is 0 Å². The van der Waals surface area contributed by atoms with Gasteiger partial charge in [-0.1, -0.05) is 46.9 Å². The molecule has 2 aromatic carbocycles. The number of carbonyl (C=O) groups is 1. The van der Waals surface area contributed by atoms with Crippen molar-refractivity contribution in [3.8, 4) is 0 Å². The number of sulfonamides is 1. The summed E-state index contributed by atoms with van der Waals surface area (Å²) in [6.45, 7) is 0. The number of hydrogen-bond donors (Lipinski definition) is 0. The Kier molecular flexibility index (Phi) is 5.73. The monoisotopic (exact) mass is 406 g/mol. The Morgan fingerprint density at radius 2 is 1.86 bits per heavy atom. The average molecular weight is 406 g/mol. The normalized spacial score (nSPS) is 20.0. The summed E-state index contributed by atoms with van der Waals surface area (Å²) in [5, 5.41) is 11.3. The largest absolute Gasteiger partial charge is 0.469 e. The van der Waals surface area contributed by atoms with Crippen molar-refractivity contribution in [2.75, 3.05) is 7.11 Å². The van der Waals surface area contributed by atoms with Crippen molar-refractivity contribution in [1.29, 1.82) is 0 Å². The first kappa shape index (κ1) is 19.9. The van der Waals surface area contributed by atoms with Crippen LogP contribution in [0.4, 0.5) is 5.69 Å². The summed E-state index contributed by atoms with van der Waals surface area (Å²) in [6, 6.07) is 13.1. The molecule has 1 aliphatic rings. The van der Waals surface area contributed by atoms with E-state index in [1.165, 1.54) is 19.2 Å². The zero-order valence-corrected chi connectivity index (χ0v) is 15.7. The first-order chi connectivity index (χ1) is 13.3. The van der Waals surface area contributed by atoms with Crippen LogP contribution in [0.3, 0.4) is 0 Å². The number of hydrogen-bond acceptors (Lipinski definition) is 7. The summed E-state index contributed by atoms with van der Waals surface area (Å²) in [4.78, 5) is 27.5. The van der Waals surface area contributed by atoms with Gasteiger partial charge in [-0.25, -0.2) is 8.42 Å². The van der Waals surface area contributed by atoms with Gasteiger partial charge in [-0.2, -0.15) is 0 Å². The minimum Gasteiger partial charge on any atom is -0.469 e. The summed E-state index contributed by atoms with van der Waals surface area (Å²) in [6.07, 6.45) is -0.646. The summed E-state index contributed by atoms with van der Waals surface area (Å²) < 4.78 is 31.7. The average Bonchev–Trinajstić information content (AvgIpc) is 3.13. The maximum absolute atomic E-state index is 13.2. The van der Waals surface area contributed by atoms with Crippen molar-refractivity contribution in [2.45, 2.75) is 29.9 Å². The number of nitro benzene ring substituents is 1. The summed E-state index contributed by atoms with van der Waals surface area (Å²) in [7, 11) is -3.19. The Labute approximate surface area is 161 Å². The van der Waals surface area contributed by atoms with Crippen molar-refractivity contribution >= 4 is 21.7 Å². The second-order valence-electron chi connectivity index (χ2n) is 6.16. The molecule has 1 fully saturated rings. The number of methoxy groups -OCH3 is 1. The molecule has 1 heterocycles. The van der Waals surface area contributed by atoms with E-state index in [4.69, 9.17) is 4.84 Å². The van der Waals surface area contributed by atoms with Gasteiger partial charge in [0.05, 0.1) is 24.5 Å². The van der Waals surface area contributed by atoms with E-state index in [0.717, 1.165) is 17.7 Å². The molecule has 0 spiro atoms. The van der Waals surface area contributed by atoms with Gasteiger partial charge in [0.15, 0.2) is 4.90 Å². The highest BCUT2D eigenvalue weighted by atomic mass is 32.2. The molecule has 3 rings (SSSR count). The highest BCUT2D eigenvalue weighted by molar-refractivity contribution is 7.89. The van der Waals surface area contributed by atoms with E-state index in [-0.39, 0.29) is 12.8 Å². The van der Waals surface area contributed by atoms with E-state index in [1.807, 2.05) is 6.07 Å². The Balaban J connectivity index is 2.01. The van der Waals surface area contributed by atoms with Crippen molar-refractivity contribution in [2.24, 2.45) is 0 Å². The van der Waals surface area contributed by atoms with E-state index < -0.39 is 43.6 Å². The first-order valence-corrected chi connectivity index (χ1v) is 9.85. The van der Waals surface area contributed by atoms with Crippen LogP contribution in [0.2, 0.25) is 0 Å². The van der Waals surface area contributed by atoms with Crippen LogP contribution in [-0.2, 0) is 24.4 Å². The van der Waals surface area contributed by atoms with Gasteiger partial charge in [0.1, 0.15) is 6.10 Å². The number of esters is 1. The van der Waals surface area contributed by atoms with E-state index >= 15 is 0 Å². The molecule has 0 radical (unpaired) electrons. The van der Waals surface area contributed by atoms with Crippen LogP contribution in [0.5, 0.6) is 0 Å². The molecule has 10 heteroatoms. The van der Waals surface area contributed by atoms with Crippen LogP contribution in [0, 0.1) is 10.1 Å². The van der Waals surface area contributed by atoms with Gasteiger partial charge in [0.25, 0.3) is 15.7 Å². The molecule has 28 heavy (non-hydrogen) atoms. The summed E-state index contributed by atoms with van der Waals surface area (Å²) >= 11 is 0. The predicted molar refractivity (Wildman–Crippen MR) is 97.4 cm³/mol. The maximum Gasteiger partial charge on any atom is 0.307 e. The Bertz CT molecular complexity index is 978. The molecule has 0 bridgehead atoms. The summed E-state index contributed by atoms with van der Waals surface area (Å²) in [5.41, 5.74) is 0.170. The number of carbonyl (C=O) groups excluding carboxylic acids is 1. The smallest absolute Gasteiger partial charge is 0.307 e. The zero-order valence-electron chi connectivity index (χ0n) is 14.9. The van der Waals surface area contributed by atoms with Crippen molar-refractivity contribution < 1.29 is 27.7 Å². The topological polar surface area (TPSA) is 116 Å². The van der Waals surface area contributed by atoms with Crippen LogP contribution in [-0.4, -0.2) is 36.9 Å². The number of rotatable bonds is 6. The highest BCUT2D eigenvalue weighted by Crippen LogP contribution is 2.39. The fraction of sp³-hybridized carbons (Fsp3) is 0.278. The lowest BCUT2D eigenvalue weighted by molar-refractivity contribution is -0.387. The molecular formula is C18H18N2O7S. The van der Waals surface area contributed by atoms with Crippen LogP contribution in [0.1, 0.15) is 24.5 Å². The molecule has 0 saturated carbocycles. The molecule has 2 aromatic rings. The van der Waals surface area contributed by atoms with E-state index in [1.54, 1.807) is 24.3 Å². The van der Waals surface area contributed by atoms with E-state index in [9.17, 15) is 23.3 Å². The van der Waals surface area contributed by atoms with Crippen molar-refractivity contribution in [3.63, 3.8) is 0 Å². The number of para-hydroxylation sites is 1. The molecule has 2 atom stereocenters. The standard InChI is InChI=1S/C18H18N2O7S/c1-26-18(21)12-14-11-16(13-7-3-2-4-8-13)27-20(14)28(24,25)17-10-6-5-9-15(17)19(22)23/h2-10,14,16H,11-12H2,1H3. The molecule has 148 valence electrons. The lowest BCUT2D eigenvalue weighted by Crippen LogP contribution is -2.36. The number of ether oxygens (including phenoxy) is 1. The zero-order chi connectivity index (χ0) is 20.3. The molecular weight excluding hydrogens is 388 g/mol. The molecule has 2 unspecified atom stereocenters. The molecule has 1 aliphatic heterocycles. The van der Waals surface area contributed by atoms with Crippen molar-refractivity contribution in [1.82, 2.24) is 4.47 Å².